The first-order valence-corrected chi connectivity index (χ1v) is 6.71. The lowest BCUT2D eigenvalue weighted by Crippen LogP contribution is -2.14. The molecule has 0 fully saturated rings. The standard InChI is InChI=1S/C14H13BrFN3O/c1-8-5-11(16)10(15)6-13(8)19-14(20)12-4-3-9(17-2)7-18-12/h3-7,17H,1-2H3,(H,19,20). The van der Waals surface area contributed by atoms with Crippen LogP contribution in [0.3, 0.4) is 0 Å². The summed E-state index contributed by atoms with van der Waals surface area (Å²) in [5, 5.41) is 5.64. The second-order valence-corrected chi connectivity index (χ2v) is 5.07. The van der Waals surface area contributed by atoms with Crippen molar-refractivity contribution in [2.45, 2.75) is 6.92 Å². The number of rotatable bonds is 3. The van der Waals surface area contributed by atoms with Gasteiger partial charge in [0.2, 0.25) is 0 Å². The first-order valence-electron chi connectivity index (χ1n) is 5.92. The van der Waals surface area contributed by atoms with E-state index in [9.17, 15) is 9.18 Å². The summed E-state index contributed by atoms with van der Waals surface area (Å²) in [5.41, 5.74) is 2.31. The molecule has 0 spiro atoms. The van der Waals surface area contributed by atoms with Crippen LogP contribution in [0.15, 0.2) is 34.9 Å². The lowest BCUT2D eigenvalue weighted by molar-refractivity contribution is 0.102. The Balaban J connectivity index is 2.20. The van der Waals surface area contributed by atoms with E-state index in [4.69, 9.17) is 0 Å². The maximum Gasteiger partial charge on any atom is 0.274 e. The minimum atomic E-state index is -0.364. The lowest BCUT2D eigenvalue weighted by Gasteiger charge is -2.09. The Bertz CT molecular complexity index is 644. The van der Waals surface area contributed by atoms with Gasteiger partial charge in [0.1, 0.15) is 11.5 Å². The van der Waals surface area contributed by atoms with Crippen LogP contribution in [-0.4, -0.2) is 17.9 Å². The first kappa shape index (κ1) is 14.5. The predicted molar refractivity (Wildman–Crippen MR) is 80.6 cm³/mol. The third-order valence-electron chi connectivity index (χ3n) is 2.80. The van der Waals surface area contributed by atoms with Gasteiger partial charge >= 0.3 is 0 Å². The fourth-order valence-corrected chi connectivity index (χ4v) is 1.99. The highest BCUT2D eigenvalue weighted by Gasteiger charge is 2.11. The van der Waals surface area contributed by atoms with Crippen molar-refractivity contribution in [1.29, 1.82) is 0 Å². The molecule has 2 rings (SSSR count). The molecule has 1 aromatic carbocycles. The van der Waals surface area contributed by atoms with Crippen molar-refractivity contribution >= 4 is 33.2 Å². The van der Waals surface area contributed by atoms with Gasteiger partial charge in [-0.3, -0.25) is 4.79 Å². The van der Waals surface area contributed by atoms with Gasteiger partial charge in [0, 0.05) is 12.7 Å². The molecular formula is C14H13BrFN3O. The molecule has 0 aliphatic heterocycles. The molecule has 6 heteroatoms. The number of benzene rings is 1. The van der Waals surface area contributed by atoms with E-state index in [0.29, 0.717) is 21.4 Å². The Labute approximate surface area is 124 Å². The van der Waals surface area contributed by atoms with E-state index in [-0.39, 0.29) is 11.7 Å². The van der Waals surface area contributed by atoms with Crippen molar-refractivity contribution in [2.75, 3.05) is 17.7 Å². The Hall–Kier alpha value is -1.95. The van der Waals surface area contributed by atoms with Crippen molar-refractivity contribution in [3.05, 3.63) is 52.0 Å². The maximum atomic E-state index is 13.3. The molecule has 2 aromatic rings. The van der Waals surface area contributed by atoms with Gasteiger partial charge in [-0.15, -0.1) is 0 Å². The number of nitrogens with one attached hydrogen (secondary N) is 2. The minimum Gasteiger partial charge on any atom is -0.387 e. The SMILES string of the molecule is CNc1ccc(C(=O)Nc2cc(Br)c(F)cc2C)nc1. The number of amides is 1. The highest BCUT2D eigenvalue weighted by Crippen LogP contribution is 2.24. The summed E-state index contributed by atoms with van der Waals surface area (Å²) in [6, 6.07) is 6.27. The number of anilines is 2. The van der Waals surface area contributed by atoms with Gasteiger partial charge in [-0.25, -0.2) is 9.37 Å². The largest absolute Gasteiger partial charge is 0.387 e. The van der Waals surface area contributed by atoms with Crippen LogP contribution < -0.4 is 10.6 Å². The number of aromatic nitrogens is 1. The van der Waals surface area contributed by atoms with E-state index in [1.54, 1.807) is 32.3 Å². The summed E-state index contributed by atoms with van der Waals surface area (Å²) in [6.07, 6.45) is 1.57. The van der Waals surface area contributed by atoms with Crippen LogP contribution in [0.5, 0.6) is 0 Å². The molecule has 0 aliphatic rings. The zero-order valence-electron chi connectivity index (χ0n) is 11.0. The number of hydrogen-bond donors (Lipinski definition) is 2. The molecule has 4 nitrogen and oxygen atoms in total. The average Bonchev–Trinajstić information content (AvgIpc) is 2.44. The van der Waals surface area contributed by atoms with Crippen LogP contribution in [0.1, 0.15) is 16.1 Å². The Kier molecular flexibility index (Phi) is 4.34. The molecular weight excluding hydrogens is 325 g/mol. The summed E-state index contributed by atoms with van der Waals surface area (Å²) < 4.78 is 13.6. The van der Waals surface area contributed by atoms with E-state index < -0.39 is 0 Å². The number of carbonyl (C=O) groups excluding carboxylic acids is 1. The number of aryl methyl sites for hydroxylation is 1. The van der Waals surface area contributed by atoms with E-state index in [1.807, 2.05) is 0 Å². The van der Waals surface area contributed by atoms with Crippen LogP contribution in [0, 0.1) is 12.7 Å². The second-order valence-electron chi connectivity index (χ2n) is 4.22. The molecule has 1 aromatic heterocycles. The van der Waals surface area contributed by atoms with Crippen LogP contribution in [-0.2, 0) is 0 Å². The third-order valence-corrected chi connectivity index (χ3v) is 3.41. The molecule has 0 atom stereocenters. The fourth-order valence-electron chi connectivity index (χ4n) is 1.64. The van der Waals surface area contributed by atoms with Crippen molar-refractivity contribution < 1.29 is 9.18 Å². The van der Waals surface area contributed by atoms with Gasteiger partial charge in [0.25, 0.3) is 5.91 Å². The lowest BCUT2D eigenvalue weighted by atomic mass is 10.2. The van der Waals surface area contributed by atoms with Crippen LogP contribution in [0.25, 0.3) is 0 Å². The van der Waals surface area contributed by atoms with E-state index in [1.165, 1.54) is 12.1 Å². The van der Waals surface area contributed by atoms with Crippen LogP contribution in [0.2, 0.25) is 0 Å². The number of halogens is 2. The summed E-state index contributed by atoms with van der Waals surface area (Å²) >= 11 is 3.10. The minimum absolute atomic E-state index is 0.295. The zero-order chi connectivity index (χ0) is 14.7. The molecule has 20 heavy (non-hydrogen) atoms. The molecule has 104 valence electrons. The molecule has 1 amide bonds. The summed E-state index contributed by atoms with van der Waals surface area (Å²) in [5.74, 6) is -0.703. The van der Waals surface area contributed by atoms with Crippen molar-refractivity contribution in [3.63, 3.8) is 0 Å². The Morgan fingerprint density at radius 3 is 2.70 bits per heavy atom. The molecule has 0 bridgehead atoms. The van der Waals surface area contributed by atoms with E-state index >= 15 is 0 Å². The van der Waals surface area contributed by atoms with Crippen LogP contribution in [0.4, 0.5) is 15.8 Å². The zero-order valence-corrected chi connectivity index (χ0v) is 12.6. The number of pyridine rings is 1. The summed E-state index contributed by atoms with van der Waals surface area (Å²) in [6.45, 7) is 1.72. The highest BCUT2D eigenvalue weighted by atomic mass is 79.9. The first-order chi connectivity index (χ1) is 9.51. The highest BCUT2D eigenvalue weighted by molar-refractivity contribution is 9.10. The molecule has 0 unspecified atom stereocenters. The van der Waals surface area contributed by atoms with Gasteiger partial charge in [0.05, 0.1) is 16.4 Å². The second kappa shape index (κ2) is 6.00. The predicted octanol–water partition coefficient (Wildman–Crippen LogP) is 3.59. The molecule has 0 saturated heterocycles. The van der Waals surface area contributed by atoms with Crippen molar-refractivity contribution in [1.82, 2.24) is 4.98 Å². The fraction of sp³-hybridized carbons (Fsp3) is 0.143. The third kappa shape index (κ3) is 3.14. The van der Waals surface area contributed by atoms with Gasteiger partial charge in [-0.2, -0.15) is 0 Å². The van der Waals surface area contributed by atoms with E-state index in [2.05, 4.69) is 31.5 Å². The average molecular weight is 338 g/mol. The number of carbonyl (C=O) groups is 1. The van der Waals surface area contributed by atoms with Gasteiger partial charge < -0.3 is 10.6 Å². The van der Waals surface area contributed by atoms with E-state index in [0.717, 1.165) is 5.69 Å². The Morgan fingerprint density at radius 2 is 2.10 bits per heavy atom. The van der Waals surface area contributed by atoms with Gasteiger partial charge in [-0.05, 0) is 52.7 Å². The quantitative estimate of drug-likeness (QED) is 0.899. The summed E-state index contributed by atoms with van der Waals surface area (Å²) in [7, 11) is 1.77. The van der Waals surface area contributed by atoms with Crippen molar-refractivity contribution in [3.8, 4) is 0 Å². The molecule has 1 heterocycles. The molecule has 0 saturated carbocycles. The molecule has 0 radical (unpaired) electrons. The number of nitrogens with zero attached hydrogens (tertiary/aromatic N) is 1. The van der Waals surface area contributed by atoms with Gasteiger partial charge in [-0.1, -0.05) is 0 Å². The normalized spacial score (nSPS) is 10.2. The maximum absolute atomic E-state index is 13.3. The van der Waals surface area contributed by atoms with Crippen molar-refractivity contribution in [2.24, 2.45) is 0 Å². The molecule has 2 N–H and O–H groups in total. The number of hydrogen-bond acceptors (Lipinski definition) is 3. The smallest absolute Gasteiger partial charge is 0.274 e. The Morgan fingerprint density at radius 1 is 1.35 bits per heavy atom. The molecule has 0 aliphatic carbocycles. The summed E-state index contributed by atoms with van der Waals surface area (Å²) in [4.78, 5) is 16.1. The monoisotopic (exact) mass is 337 g/mol. The topological polar surface area (TPSA) is 54.0 Å². The van der Waals surface area contributed by atoms with Gasteiger partial charge in [0.15, 0.2) is 0 Å². The van der Waals surface area contributed by atoms with Crippen LogP contribution >= 0.6 is 15.9 Å².